The van der Waals surface area contributed by atoms with Crippen LogP contribution < -0.4 is 9.64 Å². The van der Waals surface area contributed by atoms with Gasteiger partial charge in [0, 0.05) is 36.8 Å². The molecule has 0 bridgehead atoms. The molecule has 0 aliphatic carbocycles. The number of methoxy groups -OCH3 is 1. The van der Waals surface area contributed by atoms with Crippen LogP contribution >= 0.6 is 12.4 Å². The van der Waals surface area contributed by atoms with E-state index in [1.54, 1.807) is 7.11 Å². The number of rotatable bonds is 6. The number of benzene rings is 2. The second-order valence-electron chi connectivity index (χ2n) is 6.50. The number of ether oxygens (including phenoxy) is 1. The van der Waals surface area contributed by atoms with E-state index in [-0.39, 0.29) is 12.4 Å². The lowest BCUT2D eigenvalue weighted by molar-refractivity contribution is 0.415. The second-order valence-corrected chi connectivity index (χ2v) is 6.50. The third-order valence-electron chi connectivity index (χ3n) is 4.37. The molecule has 0 N–H and O–H groups in total. The van der Waals surface area contributed by atoms with Crippen LogP contribution in [-0.4, -0.2) is 51.2 Å². The fourth-order valence-electron chi connectivity index (χ4n) is 2.85. The molecule has 5 heteroatoms. The molecule has 0 saturated heterocycles. The number of anilines is 1. The molecular formula is C21H26ClN3O. The van der Waals surface area contributed by atoms with E-state index >= 15 is 0 Å². The van der Waals surface area contributed by atoms with E-state index in [0.29, 0.717) is 0 Å². The van der Waals surface area contributed by atoms with Crippen molar-refractivity contribution in [3.8, 4) is 17.0 Å². The summed E-state index contributed by atoms with van der Waals surface area (Å²) in [5.41, 5.74) is 4.29. The molecule has 0 fully saturated rings. The van der Waals surface area contributed by atoms with Gasteiger partial charge in [0.15, 0.2) is 0 Å². The Labute approximate surface area is 161 Å². The van der Waals surface area contributed by atoms with Gasteiger partial charge in [-0.15, -0.1) is 12.4 Å². The Balaban J connectivity index is 0.00000243. The Kier molecular flexibility index (Phi) is 6.83. The van der Waals surface area contributed by atoms with Crippen LogP contribution in [0.5, 0.6) is 5.75 Å². The molecule has 0 spiro atoms. The Morgan fingerprint density at radius 1 is 0.923 bits per heavy atom. The zero-order valence-electron chi connectivity index (χ0n) is 15.8. The molecule has 1 heterocycles. The Hall–Kier alpha value is -2.30. The minimum absolute atomic E-state index is 0. The number of pyridine rings is 1. The fraction of sp³-hybridized carbons (Fsp3) is 0.286. The molecule has 0 aliphatic heterocycles. The van der Waals surface area contributed by atoms with Crippen molar-refractivity contribution in [1.29, 1.82) is 0 Å². The van der Waals surface area contributed by atoms with E-state index in [1.165, 1.54) is 11.1 Å². The zero-order chi connectivity index (χ0) is 17.8. The number of halogens is 1. The SMILES string of the molecule is COc1ccc(-c2cc(N(C)CCN(C)C)c3ccccc3n2)cc1.Cl. The van der Waals surface area contributed by atoms with Gasteiger partial charge in [-0.25, -0.2) is 4.98 Å². The van der Waals surface area contributed by atoms with E-state index < -0.39 is 0 Å². The van der Waals surface area contributed by atoms with Crippen LogP contribution in [0.1, 0.15) is 0 Å². The van der Waals surface area contributed by atoms with Gasteiger partial charge in [-0.3, -0.25) is 0 Å². The van der Waals surface area contributed by atoms with Crippen LogP contribution in [0.4, 0.5) is 5.69 Å². The Morgan fingerprint density at radius 3 is 2.27 bits per heavy atom. The molecule has 4 nitrogen and oxygen atoms in total. The summed E-state index contributed by atoms with van der Waals surface area (Å²) >= 11 is 0. The van der Waals surface area contributed by atoms with Crippen LogP contribution in [0.3, 0.4) is 0 Å². The number of hydrogen-bond donors (Lipinski definition) is 0. The van der Waals surface area contributed by atoms with Crippen molar-refractivity contribution < 1.29 is 4.74 Å². The van der Waals surface area contributed by atoms with Crippen molar-refractivity contribution in [2.45, 2.75) is 0 Å². The maximum absolute atomic E-state index is 5.26. The van der Waals surface area contributed by atoms with Gasteiger partial charge in [0.2, 0.25) is 0 Å². The summed E-state index contributed by atoms with van der Waals surface area (Å²) in [5.74, 6) is 0.855. The predicted octanol–water partition coefficient (Wildman–Crippen LogP) is 4.33. The highest BCUT2D eigenvalue weighted by Crippen LogP contribution is 2.31. The highest BCUT2D eigenvalue weighted by atomic mass is 35.5. The lowest BCUT2D eigenvalue weighted by Crippen LogP contribution is -2.28. The summed E-state index contributed by atoms with van der Waals surface area (Å²) in [6, 6.07) is 18.6. The minimum atomic E-state index is 0. The molecule has 3 rings (SSSR count). The van der Waals surface area contributed by atoms with Crippen molar-refractivity contribution in [2.24, 2.45) is 0 Å². The van der Waals surface area contributed by atoms with Crippen molar-refractivity contribution in [1.82, 2.24) is 9.88 Å². The highest BCUT2D eigenvalue weighted by molar-refractivity contribution is 5.94. The minimum Gasteiger partial charge on any atom is -0.497 e. The van der Waals surface area contributed by atoms with Gasteiger partial charge in [-0.1, -0.05) is 18.2 Å². The first-order chi connectivity index (χ1) is 12.1. The summed E-state index contributed by atoms with van der Waals surface area (Å²) in [5, 5.41) is 1.18. The molecule has 3 aromatic rings. The second kappa shape index (κ2) is 8.88. The number of hydrogen-bond acceptors (Lipinski definition) is 4. The normalized spacial score (nSPS) is 10.7. The fourth-order valence-corrected chi connectivity index (χ4v) is 2.85. The number of para-hydroxylation sites is 1. The van der Waals surface area contributed by atoms with Crippen molar-refractivity contribution >= 4 is 29.0 Å². The molecule has 0 atom stereocenters. The van der Waals surface area contributed by atoms with Crippen LogP contribution in [0.2, 0.25) is 0 Å². The zero-order valence-corrected chi connectivity index (χ0v) is 16.6. The molecule has 0 amide bonds. The molecule has 138 valence electrons. The number of aromatic nitrogens is 1. The monoisotopic (exact) mass is 371 g/mol. The van der Waals surface area contributed by atoms with Gasteiger partial charge in [0.05, 0.1) is 18.3 Å². The third-order valence-corrected chi connectivity index (χ3v) is 4.37. The number of likely N-dealkylation sites (N-methyl/N-ethyl adjacent to an activating group) is 2. The average molecular weight is 372 g/mol. The van der Waals surface area contributed by atoms with Gasteiger partial charge in [-0.2, -0.15) is 0 Å². The quantitative estimate of drug-likeness (QED) is 0.644. The first kappa shape index (κ1) is 20.0. The van der Waals surface area contributed by atoms with E-state index in [4.69, 9.17) is 9.72 Å². The highest BCUT2D eigenvalue weighted by Gasteiger charge is 2.11. The lowest BCUT2D eigenvalue weighted by atomic mass is 10.1. The molecule has 1 aromatic heterocycles. The van der Waals surface area contributed by atoms with Crippen molar-refractivity contribution in [2.75, 3.05) is 46.2 Å². The number of fused-ring (bicyclic) bond motifs is 1. The first-order valence-electron chi connectivity index (χ1n) is 8.48. The standard InChI is InChI=1S/C21H25N3O.ClH/c1-23(2)13-14-24(3)21-15-20(16-9-11-17(25-4)12-10-16)22-19-8-6-5-7-18(19)21;/h5-12,15H,13-14H2,1-4H3;1H. The third kappa shape index (κ3) is 4.45. The van der Waals surface area contributed by atoms with Gasteiger partial charge < -0.3 is 14.5 Å². The maximum atomic E-state index is 5.26. The maximum Gasteiger partial charge on any atom is 0.118 e. The lowest BCUT2D eigenvalue weighted by Gasteiger charge is -2.23. The van der Waals surface area contributed by atoms with Gasteiger partial charge in [0.25, 0.3) is 0 Å². The average Bonchev–Trinajstić information content (AvgIpc) is 2.65. The Bertz CT molecular complexity index is 850. The first-order valence-corrected chi connectivity index (χ1v) is 8.48. The molecular weight excluding hydrogens is 346 g/mol. The number of nitrogens with zero attached hydrogens (tertiary/aromatic N) is 3. The molecule has 0 unspecified atom stereocenters. The van der Waals surface area contributed by atoms with E-state index in [9.17, 15) is 0 Å². The molecule has 0 aliphatic rings. The molecule has 0 radical (unpaired) electrons. The largest absolute Gasteiger partial charge is 0.497 e. The smallest absolute Gasteiger partial charge is 0.118 e. The van der Waals surface area contributed by atoms with Crippen molar-refractivity contribution in [3.63, 3.8) is 0 Å². The van der Waals surface area contributed by atoms with E-state index in [1.807, 2.05) is 18.2 Å². The van der Waals surface area contributed by atoms with Crippen LogP contribution in [-0.2, 0) is 0 Å². The predicted molar refractivity (Wildman–Crippen MR) is 113 cm³/mol. The van der Waals surface area contributed by atoms with Gasteiger partial charge in [0.1, 0.15) is 5.75 Å². The molecule has 0 saturated carbocycles. The molecule has 26 heavy (non-hydrogen) atoms. The molecule has 2 aromatic carbocycles. The van der Waals surface area contributed by atoms with E-state index in [0.717, 1.165) is 35.6 Å². The summed E-state index contributed by atoms with van der Waals surface area (Å²) in [7, 11) is 8.02. The Morgan fingerprint density at radius 2 is 1.62 bits per heavy atom. The van der Waals surface area contributed by atoms with Crippen LogP contribution in [0.25, 0.3) is 22.2 Å². The van der Waals surface area contributed by atoms with Gasteiger partial charge in [-0.05, 0) is 50.5 Å². The summed E-state index contributed by atoms with van der Waals surface area (Å²) in [6.45, 7) is 1.97. The van der Waals surface area contributed by atoms with E-state index in [2.05, 4.69) is 67.3 Å². The van der Waals surface area contributed by atoms with Crippen molar-refractivity contribution in [3.05, 3.63) is 54.6 Å². The van der Waals surface area contributed by atoms with Crippen LogP contribution in [0.15, 0.2) is 54.6 Å². The van der Waals surface area contributed by atoms with Gasteiger partial charge >= 0.3 is 0 Å². The topological polar surface area (TPSA) is 28.6 Å². The summed E-state index contributed by atoms with van der Waals surface area (Å²) < 4.78 is 5.26. The summed E-state index contributed by atoms with van der Waals surface area (Å²) in [4.78, 5) is 9.36. The summed E-state index contributed by atoms with van der Waals surface area (Å²) in [6.07, 6.45) is 0. The van der Waals surface area contributed by atoms with Crippen LogP contribution in [0, 0.1) is 0 Å².